The molecule has 0 spiro atoms. The Kier molecular flexibility index (Phi) is 6.30. The zero-order valence-electron chi connectivity index (χ0n) is 12.2. The smallest absolute Gasteiger partial charge is 0.122 e. The minimum Gasteiger partial charge on any atom is -0.303 e. The van der Waals surface area contributed by atoms with E-state index in [1.807, 2.05) is 19.1 Å². The molecule has 1 rings (SSSR count). The van der Waals surface area contributed by atoms with Gasteiger partial charge in [0.15, 0.2) is 0 Å². The normalized spacial score (nSPS) is 13.7. The lowest BCUT2D eigenvalue weighted by Crippen LogP contribution is -2.07. The Morgan fingerprint density at radius 3 is 2.63 bits per heavy atom. The van der Waals surface area contributed by atoms with Crippen molar-refractivity contribution in [1.29, 1.82) is 0 Å². The third kappa shape index (κ3) is 5.20. The van der Waals surface area contributed by atoms with Crippen molar-refractivity contribution in [3.05, 3.63) is 46.0 Å². The van der Waals surface area contributed by atoms with Gasteiger partial charge in [-0.05, 0) is 62.8 Å². The molecule has 1 aromatic carbocycles. The summed E-state index contributed by atoms with van der Waals surface area (Å²) in [6, 6.07) is 6.01. The van der Waals surface area contributed by atoms with Crippen LogP contribution in [-0.4, -0.2) is 6.29 Å². The van der Waals surface area contributed by atoms with Crippen LogP contribution in [0.15, 0.2) is 29.8 Å². The maximum absolute atomic E-state index is 10.9. The van der Waals surface area contributed by atoms with Gasteiger partial charge in [-0.25, -0.2) is 0 Å². The third-order valence-electron chi connectivity index (χ3n) is 3.38. The van der Waals surface area contributed by atoms with Crippen LogP contribution in [0, 0.1) is 12.8 Å². The highest BCUT2D eigenvalue weighted by Gasteiger charge is 2.16. The first-order chi connectivity index (χ1) is 8.93. The molecule has 0 heterocycles. The molecular weight excluding hydrogens is 256 g/mol. The van der Waals surface area contributed by atoms with E-state index in [4.69, 9.17) is 11.6 Å². The number of hydrogen-bond acceptors (Lipinski definition) is 1. The van der Waals surface area contributed by atoms with Crippen LogP contribution < -0.4 is 0 Å². The number of aldehydes is 1. The number of carbonyl (C=O) groups is 1. The van der Waals surface area contributed by atoms with E-state index in [0.717, 1.165) is 24.2 Å². The number of rotatable bonds is 6. The topological polar surface area (TPSA) is 17.1 Å². The van der Waals surface area contributed by atoms with E-state index < -0.39 is 0 Å². The Balaban J connectivity index is 3.03. The lowest BCUT2D eigenvalue weighted by molar-refractivity contribution is -0.110. The second-order valence-corrected chi connectivity index (χ2v) is 6.00. The fourth-order valence-electron chi connectivity index (χ4n) is 2.28. The summed E-state index contributed by atoms with van der Waals surface area (Å²) in [4.78, 5) is 10.9. The molecule has 2 atom stereocenters. The highest BCUT2D eigenvalue weighted by molar-refractivity contribution is 6.30. The van der Waals surface area contributed by atoms with Crippen LogP contribution in [0.3, 0.4) is 0 Å². The number of aryl methyl sites for hydroxylation is 1. The second-order valence-electron chi connectivity index (χ2n) is 5.56. The summed E-state index contributed by atoms with van der Waals surface area (Å²) >= 11 is 6.11. The quantitative estimate of drug-likeness (QED) is 0.509. The average molecular weight is 279 g/mol. The molecule has 0 fully saturated rings. The van der Waals surface area contributed by atoms with E-state index in [2.05, 4.69) is 32.9 Å². The molecule has 1 nitrogen and oxygen atoms in total. The van der Waals surface area contributed by atoms with E-state index in [1.54, 1.807) is 0 Å². The summed E-state index contributed by atoms with van der Waals surface area (Å²) in [6.07, 6.45) is 5.11. The van der Waals surface area contributed by atoms with E-state index in [0.29, 0.717) is 5.92 Å². The molecule has 0 saturated carbocycles. The van der Waals surface area contributed by atoms with E-state index in [1.165, 1.54) is 16.7 Å². The Bertz CT molecular complexity index is 458. The van der Waals surface area contributed by atoms with Gasteiger partial charge in [0, 0.05) is 10.9 Å². The molecule has 0 aliphatic rings. The number of hydrogen-bond donors (Lipinski definition) is 0. The van der Waals surface area contributed by atoms with Gasteiger partial charge in [0.1, 0.15) is 6.29 Å². The summed E-state index contributed by atoms with van der Waals surface area (Å²) in [7, 11) is 0. The highest BCUT2D eigenvalue weighted by Crippen LogP contribution is 2.31. The molecule has 0 aliphatic carbocycles. The van der Waals surface area contributed by atoms with Gasteiger partial charge in [-0.1, -0.05) is 36.2 Å². The van der Waals surface area contributed by atoms with E-state index in [9.17, 15) is 4.79 Å². The maximum atomic E-state index is 10.9. The standard InChI is InChI=1S/C17H23ClO/c1-12(2)5-7-15(9-13(3)11-19)17-10-16(18)8-6-14(17)4/h5-6,8,10-11,13,15H,7,9H2,1-4H3. The predicted molar refractivity (Wildman–Crippen MR) is 82.8 cm³/mol. The molecule has 2 heteroatoms. The molecule has 0 amide bonds. The molecule has 0 aliphatic heterocycles. The van der Waals surface area contributed by atoms with Crippen LogP contribution >= 0.6 is 11.6 Å². The van der Waals surface area contributed by atoms with Crippen LogP contribution in [-0.2, 0) is 4.79 Å². The Morgan fingerprint density at radius 2 is 2.05 bits per heavy atom. The molecule has 0 saturated heterocycles. The van der Waals surface area contributed by atoms with Crippen molar-refractivity contribution >= 4 is 17.9 Å². The van der Waals surface area contributed by atoms with Gasteiger partial charge >= 0.3 is 0 Å². The lowest BCUT2D eigenvalue weighted by atomic mass is 9.85. The van der Waals surface area contributed by atoms with Gasteiger partial charge in [-0.2, -0.15) is 0 Å². The summed E-state index contributed by atoms with van der Waals surface area (Å²) < 4.78 is 0. The minimum atomic E-state index is 0.0777. The Hall–Kier alpha value is -1.08. The molecule has 0 radical (unpaired) electrons. The van der Waals surface area contributed by atoms with Crippen molar-refractivity contribution in [2.45, 2.75) is 46.5 Å². The number of allylic oxidation sites excluding steroid dienone is 2. The fourth-order valence-corrected chi connectivity index (χ4v) is 2.46. The number of benzene rings is 1. The summed E-state index contributed by atoms with van der Waals surface area (Å²) in [5, 5.41) is 0.765. The molecule has 19 heavy (non-hydrogen) atoms. The number of carbonyl (C=O) groups excluding carboxylic acids is 1. The predicted octanol–water partition coefficient (Wildman–Crippen LogP) is 5.31. The van der Waals surface area contributed by atoms with Crippen molar-refractivity contribution in [2.75, 3.05) is 0 Å². The van der Waals surface area contributed by atoms with Crippen molar-refractivity contribution in [2.24, 2.45) is 5.92 Å². The van der Waals surface area contributed by atoms with Gasteiger partial charge in [0.05, 0.1) is 0 Å². The van der Waals surface area contributed by atoms with Gasteiger partial charge < -0.3 is 4.79 Å². The molecule has 104 valence electrons. The van der Waals surface area contributed by atoms with Crippen molar-refractivity contribution in [3.8, 4) is 0 Å². The van der Waals surface area contributed by atoms with Gasteiger partial charge in [-0.15, -0.1) is 0 Å². The van der Waals surface area contributed by atoms with Crippen LogP contribution in [0.25, 0.3) is 0 Å². The number of halogens is 1. The molecule has 2 unspecified atom stereocenters. The van der Waals surface area contributed by atoms with Gasteiger partial charge in [0.25, 0.3) is 0 Å². The van der Waals surface area contributed by atoms with Gasteiger partial charge in [0.2, 0.25) is 0 Å². The molecule has 0 N–H and O–H groups in total. The van der Waals surface area contributed by atoms with E-state index in [-0.39, 0.29) is 5.92 Å². The largest absolute Gasteiger partial charge is 0.303 e. The summed E-state index contributed by atoms with van der Waals surface area (Å²) in [6.45, 7) is 8.28. The van der Waals surface area contributed by atoms with Crippen LogP contribution in [0.5, 0.6) is 0 Å². The zero-order valence-corrected chi connectivity index (χ0v) is 13.0. The molecule has 1 aromatic rings. The molecular formula is C17H23ClO. The fraction of sp³-hybridized carbons (Fsp3) is 0.471. The zero-order chi connectivity index (χ0) is 14.4. The minimum absolute atomic E-state index is 0.0777. The first-order valence-corrected chi connectivity index (χ1v) is 7.16. The first kappa shape index (κ1) is 16.0. The SMILES string of the molecule is CC(C)=CCC(CC(C)C=O)c1cc(Cl)ccc1C. The van der Waals surface area contributed by atoms with Crippen LogP contribution in [0.1, 0.15) is 50.7 Å². The van der Waals surface area contributed by atoms with Crippen LogP contribution in [0.4, 0.5) is 0 Å². The maximum Gasteiger partial charge on any atom is 0.122 e. The monoisotopic (exact) mass is 278 g/mol. The molecule has 0 aromatic heterocycles. The Morgan fingerprint density at radius 1 is 1.37 bits per heavy atom. The molecule has 0 bridgehead atoms. The third-order valence-corrected chi connectivity index (χ3v) is 3.62. The van der Waals surface area contributed by atoms with Gasteiger partial charge in [-0.3, -0.25) is 0 Å². The average Bonchev–Trinajstić information content (AvgIpc) is 2.37. The summed E-state index contributed by atoms with van der Waals surface area (Å²) in [5.41, 5.74) is 3.82. The van der Waals surface area contributed by atoms with Crippen molar-refractivity contribution in [3.63, 3.8) is 0 Å². The highest BCUT2D eigenvalue weighted by atomic mass is 35.5. The Labute approximate surface area is 121 Å². The second kappa shape index (κ2) is 7.49. The van der Waals surface area contributed by atoms with Crippen molar-refractivity contribution in [1.82, 2.24) is 0 Å². The lowest BCUT2D eigenvalue weighted by Gasteiger charge is -2.20. The van der Waals surface area contributed by atoms with Crippen LogP contribution in [0.2, 0.25) is 5.02 Å². The first-order valence-electron chi connectivity index (χ1n) is 6.78. The van der Waals surface area contributed by atoms with E-state index >= 15 is 0 Å². The van der Waals surface area contributed by atoms with Crippen molar-refractivity contribution < 1.29 is 4.79 Å². The summed E-state index contributed by atoms with van der Waals surface area (Å²) in [5.74, 6) is 0.433.